The van der Waals surface area contributed by atoms with Gasteiger partial charge in [-0.05, 0) is 32.4 Å². The second-order valence-corrected chi connectivity index (χ2v) is 6.23. The van der Waals surface area contributed by atoms with E-state index in [2.05, 4.69) is 0 Å². The Morgan fingerprint density at radius 1 is 1.30 bits per heavy atom. The predicted octanol–water partition coefficient (Wildman–Crippen LogP) is 1.05. The van der Waals surface area contributed by atoms with Crippen LogP contribution in [0.2, 0.25) is 0 Å². The van der Waals surface area contributed by atoms with Crippen molar-refractivity contribution in [3.05, 3.63) is 34.7 Å². The van der Waals surface area contributed by atoms with E-state index in [4.69, 9.17) is 0 Å². The first kappa shape index (κ1) is 15.8. The van der Waals surface area contributed by atoms with Crippen molar-refractivity contribution in [3.63, 3.8) is 0 Å². The number of carbonyl (C=O) groups is 1. The van der Waals surface area contributed by atoms with Gasteiger partial charge in [0.2, 0.25) is 5.91 Å². The molecule has 1 fully saturated rings. The van der Waals surface area contributed by atoms with Gasteiger partial charge in [-0.2, -0.15) is 0 Å². The van der Waals surface area contributed by atoms with Gasteiger partial charge in [-0.15, -0.1) is 0 Å². The van der Waals surface area contributed by atoms with Gasteiger partial charge in [0.1, 0.15) is 6.54 Å². The van der Waals surface area contributed by atoms with Gasteiger partial charge >= 0.3 is 5.69 Å². The van der Waals surface area contributed by atoms with Crippen LogP contribution in [0.3, 0.4) is 0 Å². The second-order valence-electron chi connectivity index (χ2n) is 6.23. The van der Waals surface area contributed by atoms with Gasteiger partial charge in [0.25, 0.3) is 0 Å². The number of imidazole rings is 1. The lowest BCUT2D eigenvalue weighted by Crippen LogP contribution is -2.36. The SMILES string of the molecule is CCn1c(=O)n(CC(=O)N2CCC(C(C)O)C2)c2ccccc21. The van der Waals surface area contributed by atoms with Gasteiger partial charge in [0.15, 0.2) is 0 Å². The molecule has 1 amide bonds. The first-order chi connectivity index (χ1) is 11.0. The number of benzene rings is 1. The molecule has 0 aliphatic carbocycles. The summed E-state index contributed by atoms with van der Waals surface area (Å²) in [7, 11) is 0. The standard InChI is InChI=1S/C17H23N3O3/c1-3-19-14-6-4-5-7-15(14)20(17(19)23)11-16(22)18-9-8-13(10-18)12(2)21/h4-7,12-13,21H,3,8-11H2,1-2H3. The molecule has 2 unspecified atom stereocenters. The Morgan fingerprint density at radius 2 is 1.96 bits per heavy atom. The minimum atomic E-state index is -0.405. The summed E-state index contributed by atoms with van der Waals surface area (Å²) in [6.45, 7) is 5.53. The Morgan fingerprint density at radius 3 is 2.52 bits per heavy atom. The maximum absolute atomic E-state index is 12.6. The van der Waals surface area contributed by atoms with Crippen molar-refractivity contribution < 1.29 is 9.90 Å². The topological polar surface area (TPSA) is 67.5 Å². The van der Waals surface area contributed by atoms with Crippen molar-refractivity contribution in [2.24, 2.45) is 5.92 Å². The third kappa shape index (κ3) is 2.79. The highest BCUT2D eigenvalue weighted by Crippen LogP contribution is 2.20. The minimum absolute atomic E-state index is 0.0544. The number of hydrogen-bond acceptors (Lipinski definition) is 3. The van der Waals surface area contributed by atoms with Crippen molar-refractivity contribution in [3.8, 4) is 0 Å². The maximum Gasteiger partial charge on any atom is 0.329 e. The van der Waals surface area contributed by atoms with Gasteiger partial charge in [-0.3, -0.25) is 13.9 Å². The summed E-state index contributed by atoms with van der Waals surface area (Å²) in [4.78, 5) is 26.9. The molecule has 2 aromatic rings. The molecule has 3 rings (SSSR count). The van der Waals surface area contributed by atoms with Crippen LogP contribution in [-0.2, 0) is 17.9 Å². The van der Waals surface area contributed by atoms with Crippen LogP contribution in [0.4, 0.5) is 0 Å². The van der Waals surface area contributed by atoms with Crippen molar-refractivity contribution in [2.75, 3.05) is 13.1 Å². The maximum atomic E-state index is 12.6. The van der Waals surface area contributed by atoms with E-state index in [0.717, 1.165) is 17.5 Å². The molecule has 1 aromatic heterocycles. The molecular weight excluding hydrogens is 294 g/mol. The van der Waals surface area contributed by atoms with Crippen LogP contribution in [0.5, 0.6) is 0 Å². The summed E-state index contributed by atoms with van der Waals surface area (Å²) in [6, 6.07) is 7.55. The Bertz CT molecular complexity index is 775. The summed E-state index contributed by atoms with van der Waals surface area (Å²) in [5.41, 5.74) is 1.50. The van der Waals surface area contributed by atoms with E-state index in [-0.39, 0.29) is 24.1 Å². The monoisotopic (exact) mass is 317 g/mol. The molecule has 0 radical (unpaired) electrons. The van der Waals surface area contributed by atoms with Crippen LogP contribution < -0.4 is 5.69 Å². The number of likely N-dealkylation sites (tertiary alicyclic amines) is 1. The largest absolute Gasteiger partial charge is 0.393 e. The zero-order valence-electron chi connectivity index (χ0n) is 13.6. The van der Waals surface area contributed by atoms with Crippen LogP contribution in [0.25, 0.3) is 11.0 Å². The summed E-state index contributed by atoms with van der Waals surface area (Å²) < 4.78 is 3.24. The minimum Gasteiger partial charge on any atom is -0.393 e. The fraction of sp³-hybridized carbons (Fsp3) is 0.529. The molecule has 1 aliphatic heterocycles. The number of para-hydroxylation sites is 2. The summed E-state index contributed by atoms with van der Waals surface area (Å²) in [5, 5.41) is 9.67. The lowest BCUT2D eigenvalue weighted by molar-refractivity contribution is -0.131. The van der Waals surface area contributed by atoms with E-state index in [0.29, 0.717) is 19.6 Å². The second kappa shape index (κ2) is 6.20. The normalized spacial score (nSPS) is 19.4. The zero-order valence-corrected chi connectivity index (χ0v) is 13.6. The molecular formula is C17H23N3O3. The molecule has 6 nitrogen and oxygen atoms in total. The van der Waals surface area contributed by atoms with Crippen LogP contribution in [0.1, 0.15) is 20.3 Å². The molecule has 2 heterocycles. The lowest BCUT2D eigenvalue weighted by Gasteiger charge is -2.18. The molecule has 1 aromatic carbocycles. The van der Waals surface area contributed by atoms with Gasteiger partial charge in [0.05, 0.1) is 17.1 Å². The van der Waals surface area contributed by atoms with Gasteiger partial charge in [-0.1, -0.05) is 12.1 Å². The van der Waals surface area contributed by atoms with Crippen LogP contribution >= 0.6 is 0 Å². The zero-order chi connectivity index (χ0) is 16.6. The van der Waals surface area contributed by atoms with E-state index in [1.165, 1.54) is 0 Å². The highest BCUT2D eigenvalue weighted by Gasteiger charge is 2.29. The molecule has 23 heavy (non-hydrogen) atoms. The first-order valence-corrected chi connectivity index (χ1v) is 8.16. The van der Waals surface area contributed by atoms with Gasteiger partial charge in [-0.25, -0.2) is 4.79 Å². The van der Waals surface area contributed by atoms with E-state index in [1.807, 2.05) is 31.2 Å². The number of carbonyl (C=O) groups excluding carboxylic acids is 1. The van der Waals surface area contributed by atoms with Crippen LogP contribution in [-0.4, -0.2) is 44.2 Å². The molecule has 6 heteroatoms. The highest BCUT2D eigenvalue weighted by molar-refractivity contribution is 5.81. The van der Waals surface area contributed by atoms with Crippen LogP contribution in [0, 0.1) is 5.92 Å². The quantitative estimate of drug-likeness (QED) is 0.916. The fourth-order valence-electron chi connectivity index (χ4n) is 3.37. The summed E-state index contributed by atoms with van der Waals surface area (Å²) in [5.74, 6) is 0.0712. The number of amides is 1. The number of nitrogens with zero attached hydrogens (tertiary/aromatic N) is 3. The van der Waals surface area contributed by atoms with E-state index >= 15 is 0 Å². The number of aliphatic hydroxyl groups excluding tert-OH is 1. The smallest absolute Gasteiger partial charge is 0.329 e. The third-order valence-corrected chi connectivity index (χ3v) is 4.79. The number of aliphatic hydroxyl groups is 1. The Labute approximate surface area is 134 Å². The molecule has 1 aliphatic rings. The molecule has 1 saturated heterocycles. The lowest BCUT2D eigenvalue weighted by atomic mass is 10.0. The number of aromatic nitrogens is 2. The highest BCUT2D eigenvalue weighted by atomic mass is 16.3. The van der Waals surface area contributed by atoms with Crippen molar-refractivity contribution in [2.45, 2.75) is 39.5 Å². The van der Waals surface area contributed by atoms with Crippen molar-refractivity contribution in [1.82, 2.24) is 14.0 Å². The Balaban J connectivity index is 1.86. The number of rotatable bonds is 4. The van der Waals surface area contributed by atoms with E-state index < -0.39 is 6.10 Å². The number of hydrogen-bond donors (Lipinski definition) is 1. The van der Waals surface area contributed by atoms with Crippen molar-refractivity contribution in [1.29, 1.82) is 0 Å². The van der Waals surface area contributed by atoms with Crippen molar-refractivity contribution >= 4 is 16.9 Å². The molecule has 0 bridgehead atoms. The summed E-state index contributed by atoms with van der Waals surface area (Å²) in [6.07, 6.45) is 0.409. The Hall–Kier alpha value is -2.08. The van der Waals surface area contributed by atoms with E-state index in [9.17, 15) is 14.7 Å². The van der Waals surface area contributed by atoms with Gasteiger partial charge in [0, 0.05) is 25.6 Å². The molecule has 0 saturated carbocycles. The molecule has 2 atom stereocenters. The molecule has 0 spiro atoms. The number of fused-ring (bicyclic) bond motifs is 1. The van der Waals surface area contributed by atoms with Crippen LogP contribution in [0.15, 0.2) is 29.1 Å². The molecule has 124 valence electrons. The Kier molecular flexibility index (Phi) is 4.26. The fourth-order valence-corrected chi connectivity index (χ4v) is 3.37. The molecule has 1 N–H and O–H groups in total. The van der Waals surface area contributed by atoms with E-state index in [1.54, 1.807) is 21.0 Å². The average molecular weight is 317 g/mol. The first-order valence-electron chi connectivity index (χ1n) is 8.16. The van der Waals surface area contributed by atoms with Gasteiger partial charge < -0.3 is 10.0 Å². The summed E-state index contributed by atoms with van der Waals surface area (Å²) >= 11 is 0. The predicted molar refractivity (Wildman–Crippen MR) is 88.2 cm³/mol. The average Bonchev–Trinajstić information content (AvgIpc) is 3.12. The third-order valence-electron chi connectivity index (χ3n) is 4.79. The number of aryl methyl sites for hydroxylation is 1.